The van der Waals surface area contributed by atoms with Crippen molar-refractivity contribution in [2.24, 2.45) is 11.7 Å². The van der Waals surface area contributed by atoms with Gasteiger partial charge in [0.1, 0.15) is 11.5 Å². The maximum Gasteiger partial charge on any atom is 0.255 e. The van der Waals surface area contributed by atoms with Crippen molar-refractivity contribution in [1.82, 2.24) is 5.32 Å². The van der Waals surface area contributed by atoms with Crippen LogP contribution in [0.1, 0.15) is 47.2 Å². The van der Waals surface area contributed by atoms with Crippen LogP contribution in [-0.4, -0.2) is 19.0 Å². The van der Waals surface area contributed by atoms with Crippen LogP contribution in [0.15, 0.2) is 4.42 Å². The lowest BCUT2D eigenvalue weighted by Crippen LogP contribution is -2.30. The van der Waals surface area contributed by atoms with E-state index in [2.05, 4.69) is 12.2 Å². The normalized spacial score (nSPS) is 12.5. The van der Waals surface area contributed by atoms with Crippen LogP contribution in [0.5, 0.6) is 0 Å². The maximum atomic E-state index is 12.1. The van der Waals surface area contributed by atoms with Gasteiger partial charge in [-0.15, -0.1) is 0 Å². The number of aryl methyl sites for hydroxylation is 2. The van der Waals surface area contributed by atoms with Gasteiger partial charge in [-0.3, -0.25) is 4.79 Å². The van der Waals surface area contributed by atoms with Crippen molar-refractivity contribution in [2.45, 2.75) is 40.5 Å². The summed E-state index contributed by atoms with van der Waals surface area (Å²) in [4.78, 5) is 12.1. The van der Waals surface area contributed by atoms with E-state index in [1.807, 2.05) is 20.8 Å². The molecule has 1 aromatic rings. The average molecular weight is 252 g/mol. The average Bonchev–Trinajstić information content (AvgIpc) is 2.58. The van der Waals surface area contributed by atoms with Gasteiger partial charge in [0.05, 0.1) is 5.56 Å². The Hall–Kier alpha value is -1.29. The van der Waals surface area contributed by atoms with Crippen molar-refractivity contribution < 1.29 is 9.21 Å². The van der Waals surface area contributed by atoms with Gasteiger partial charge in [0.25, 0.3) is 5.91 Å². The Kier molecular flexibility index (Phi) is 5.41. The summed E-state index contributed by atoms with van der Waals surface area (Å²) in [6, 6.07) is 0. The Labute approximate surface area is 109 Å². The summed E-state index contributed by atoms with van der Waals surface area (Å²) in [5.41, 5.74) is 7.15. The second kappa shape index (κ2) is 6.59. The van der Waals surface area contributed by atoms with Gasteiger partial charge in [-0.1, -0.05) is 13.3 Å². The second-order valence-corrected chi connectivity index (χ2v) is 4.78. The van der Waals surface area contributed by atoms with E-state index in [0.717, 1.165) is 24.2 Å². The highest BCUT2D eigenvalue weighted by molar-refractivity contribution is 5.96. The molecule has 1 heterocycles. The summed E-state index contributed by atoms with van der Waals surface area (Å²) in [6.45, 7) is 9.07. The van der Waals surface area contributed by atoms with Crippen molar-refractivity contribution in [3.05, 3.63) is 22.6 Å². The van der Waals surface area contributed by atoms with Gasteiger partial charge in [0.2, 0.25) is 0 Å². The summed E-state index contributed by atoms with van der Waals surface area (Å²) < 4.78 is 5.47. The Balaban J connectivity index is 2.65. The summed E-state index contributed by atoms with van der Waals surface area (Å²) in [5, 5.41) is 2.98. The van der Waals surface area contributed by atoms with Gasteiger partial charge >= 0.3 is 0 Å². The Bertz CT molecular complexity index is 410. The molecule has 1 atom stereocenters. The molecule has 1 amide bonds. The Morgan fingerprint density at radius 3 is 2.44 bits per heavy atom. The van der Waals surface area contributed by atoms with Crippen LogP contribution in [0, 0.1) is 26.7 Å². The SMILES string of the molecule is CCC(CCN)CNC(=O)c1c(C)oc(C)c1C. The molecule has 3 N–H and O–H groups in total. The molecule has 0 spiro atoms. The van der Waals surface area contributed by atoms with Gasteiger partial charge in [-0.25, -0.2) is 0 Å². The number of amides is 1. The maximum absolute atomic E-state index is 12.1. The molecule has 0 aliphatic carbocycles. The third kappa shape index (κ3) is 3.35. The molecule has 1 rings (SSSR count). The zero-order valence-corrected chi connectivity index (χ0v) is 11.8. The van der Waals surface area contributed by atoms with Crippen molar-refractivity contribution in [3.63, 3.8) is 0 Å². The number of carbonyl (C=O) groups is 1. The minimum Gasteiger partial charge on any atom is -0.466 e. The summed E-state index contributed by atoms with van der Waals surface area (Å²) in [6.07, 6.45) is 1.97. The molecule has 0 radical (unpaired) electrons. The Morgan fingerprint density at radius 1 is 1.33 bits per heavy atom. The van der Waals surface area contributed by atoms with Gasteiger partial charge in [-0.2, -0.15) is 0 Å². The molecule has 4 nitrogen and oxygen atoms in total. The number of nitrogens with two attached hydrogens (primary N) is 1. The van der Waals surface area contributed by atoms with Gasteiger partial charge in [0.15, 0.2) is 0 Å². The first-order valence-corrected chi connectivity index (χ1v) is 6.56. The molecular weight excluding hydrogens is 228 g/mol. The van der Waals surface area contributed by atoms with E-state index in [9.17, 15) is 4.79 Å². The van der Waals surface area contributed by atoms with E-state index >= 15 is 0 Å². The van der Waals surface area contributed by atoms with E-state index in [4.69, 9.17) is 10.2 Å². The van der Waals surface area contributed by atoms with Gasteiger partial charge in [0, 0.05) is 12.1 Å². The highest BCUT2D eigenvalue weighted by Gasteiger charge is 2.18. The first kappa shape index (κ1) is 14.8. The third-order valence-electron chi connectivity index (χ3n) is 3.49. The standard InChI is InChI=1S/C14H24N2O2/c1-5-12(6-7-15)8-16-14(17)13-9(2)10(3)18-11(13)4/h12H,5-8,15H2,1-4H3,(H,16,17). The van der Waals surface area contributed by atoms with Crippen LogP contribution >= 0.6 is 0 Å². The van der Waals surface area contributed by atoms with E-state index in [0.29, 0.717) is 30.3 Å². The molecule has 0 bridgehead atoms. The number of furan rings is 1. The number of hydrogen-bond donors (Lipinski definition) is 2. The number of carbonyl (C=O) groups excluding carboxylic acids is 1. The molecule has 0 aliphatic rings. The summed E-state index contributed by atoms with van der Waals surface area (Å²) in [5.74, 6) is 1.91. The fourth-order valence-electron chi connectivity index (χ4n) is 2.14. The van der Waals surface area contributed by atoms with Crippen LogP contribution in [0.25, 0.3) is 0 Å². The largest absolute Gasteiger partial charge is 0.466 e. The predicted octanol–water partition coefficient (Wildman–Crippen LogP) is 2.31. The topological polar surface area (TPSA) is 68.3 Å². The van der Waals surface area contributed by atoms with Crippen LogP contribution in [0.3, 0.4) is 0 Å². The molecule has 0 fully saturated rings. The first-order valence-electron chi connectivity index (χ1n) is 6.56. The minimum atomic E-state index is -0.0441. The van der Waals surface area contributed by atoms with E-state index in [1.54, 1.807) is 0 Å². The quantitative estimate of drug-likeness (QED) is 0.816. The van der Waals surface area contributed by atoms with Crippen LogP contribution in [0.4, 0.5) is 0 Å². The predicted molar refractivity (Wildman–Crippen MR) is 72.7 cm³/mol. The summed E-state index contributed by atoms with van der Waals surface area (Å²) in [7, 11) is 0. The van der Waals surface area contributed by atoms with Crippen LogP contribution in [0.2, 0.25) is 0 Å². The van der Waals surface area contributed by atoms with Crippen LogP contribution in [-0.2, 0) is 0 Å². The fourth-order valence-corrected chi connectivity index (χ4v) is 2.14. The third-order valence-corrected chi connectivity index (χ3v) is 3.49. The summed E-state index contributed by atoms with van der Waals surface area (Å²) >= 11 is 0. The number of hydrogen-bond acceptors (Lipinski definition) is 3. The molecule has 0 saturated carbocycles. The second-order valence-electron chi connectivity index (χ2n) is 4.78. The fraction of sp³-hybridized carbons (Fsp3) is 0.643. The Morgan fingerprint density at radius 2 is 2.00 bits per heavy atom. The zero-order valence-electron chi connectivity index (χ0n) is 11.8. The lowest BCUT2D eigenvalue weighted by atomic mass is 10.0. The van der Waals surface area contributed by atoms with Gasteiger partial charge in [-0.05, 0) is 39.7 Å². The molecule has 1 aromatic heterocycles. The van der Waals surface area contributed by atoms with E-state index in [1.165, 1.54) is 0 Å². The lowest BCUT2D eigenvalue weighted by Gasteiger charge is -2.14. The van der Waals surface area contributed by atoms with Gasteiger partial charge < -0.3 is 15.5 Å². The van der Waals surface area contributed by atoms with Crippen molar-refractivity contribution in [2.75, 3.05) is 13.1 Å². The molecule has 102 valence electrons. The van der Waals surface area contributed by atoms with E-state index in [-0.39, 0.29) is 5.91 Å². The molecule has 0 aliphatic heterocycles. The highest BCUT2D eigenvalue weighted by atomic mass is 16.3. The lowest BCUT2D eigenvalue weighted by molar-refractivity contribution is 0.0944. The molecule has 4 heteroatoms. The van der Waals surface area contributed by atoms with E-state index < -0.39 is 0 Å². The molecule has 18 heavy (non-hydrogen) atoms. The van der Waals surface area contributed by atoms with Crippen molar-refractivity contribution in [1.29, 1.82) is 0 Å². The molecule has 0 aromatic carbocycles. The zero-order chi connectivity index (χ0) is 13.7. The molecular formula is C14H24N2O2. The van der Waals surface area contributed by atoms with Crippen molar-refractivity contribution >= 4 is 5.91 Å². The smallest absolute Gasteiger partial charge is 0.255 e. The monoisotopic (exact) mass is 252 g/mol. The van der Waals surface area contributed by atoms with Crippen molar-refractivity contribution in [3.8, 4) is 0 Å². The highest BCUT2D eigenvalue weighted by Crippen LogP contribution is 2.20. The number of nitrogens with one attached hydrogen (secondary N) is 1. The molecule has 1 unspecified atom stereocenters. The minimum absolute atomic E-state index is 0.0441. The molecule has 0 saturated heterocycles. The van der Waals surface area contributed by atoms with Crippen LogP contribution < -0.4 is 11.1 Å². The number of rotatable bonds is 6. The first-order chi connectivity index (χ1) is 8.51.